The minimum Gasteiger partial charge on any atom is -0.456 e. The van der Waals surface area contributed by atoms with Crippen LogP contribution in [0.25, 0.3) is 98.8 Å². The second kappa shape index (κ2) is 10.9. The lowest BCUT2D eigenvalue weighted by Gasteiger charge is -2.30. The summed E-state index contributed by atoms with van der Waals surface area (Å²) in [5, 5.41) is 10.0. The lowest BCUT2D eigenvalue weighted by molar-refractivity contribution is 0.669. The smallest absolute Gasteiger partial charge is 0.135 e. The molecule has 13 rings (SSSR count). The fraction of sp³-hybridized carbons (Fsp3) is 0.0182. The van der Waals surface area contributed by atoms with Gasteiger partial charge in [-0.25, -0.2) is 0 Å². The van der Waals surface area contributed by atoms with Gasteiger partial charge in [-0.05, 0) is 142 Å². The molecule has 0 amide bonds. The van der Waals surface area contributed by atoms with Crippen LogP contribution in [-0.2, 0) is 5.41 Å². The Labute approximate surface area is 323 Å². The minimum absolute atomic E-state index is 0.378. The summed E-state index contributed by atoms with van der Waals surface area (Å²) in [6.45, 7) is 0. The van der Waals surface area contributed by atoms with Crippen molar-refractivity contribution in [3.63, 3.8) is 0 Å². The van der Waals surface area contributed by atoms with Gasteiger partial charge >= 0.3 is 0 Å². The molecule has 0 bridgehead atoms. The second-order valence-electron chi connectivity index (χ2n) is 15.5. The quantitative estimate of drug-likeness (QED) is 0.163. The molecule has 2 aliphatic rings. The summed E-state index contributed by atoms with van der Waals surface area (Å²) in [4.78, 5) is 0. The standard InChI is InChI=1S/C55H32O/c1-2-15-38-37(14-1)44-29-35(33-12-11-13-34(28-33)36-25-27-54-48(30-36)43-19-6-10-23-53(43)56-54)24-26-39(44)46-32-52-47(31-45(38)46)42-18-5-9-22-51(42)55(52)49-20-7-3-16-40(49)41-17-4-8-21-50(41)55/h1-32H. The molecule has 258 valence electrons. The van der Waals surface area contributed by atoms with Gasteiger partial charge < -0.3 is 4.42 Å². The van der Waals surface area contributed by atoms with E-state index < -0.39 is 0 Å². The van der Waals surface area contributed by atoms with E-state index in [1.165, 1.54) is 99.1 Å². The van der Waals surface area contributed by atoms with Crippen LogP contribution in [0.2, 0.25) is 0 Å². The fourth-order valence-corrected chi connectivity index (χ4v) is 10.5. The van der Waals surface area contributed by atoms with Gasteiger partial charge in [0, 0.05) is 10.8 Å². The average molecular weight is 709 g/mol. The number of furan rings is 1. The van der Waals surface area contributed by atoms with Gasteiger partial charge in [-0.15, -0.1) is 0 Å². The Morgan fingerprint density at radius 3 is 1.39 bits per heavy atom. The van der Waals surface area contributed by atoms with Crippen molar-refractivity contribution in [1.82, 2.24) is 0 Å². The molecule has 0 fully saturated rings. The Morgan fingerprint density at radius 1 is 0.250 bits per heavy atom. The van der Waals surface area contributed by atoms with Crippen molar-refractivity contribution in [2.24, 2.45) is 0 Å². The normalized spacial score (nSPS) is 13.5. The Hall–Kier alpha value is -7.22. The van der Waals surface area contributed by atoms with Crippen LogP contribution in [0.4, 0.5) is 0 Å². The number of benzene rings is 10. The Bertz CT molecular complexity index is 3440. The SMILES string of the molecule is c1cc(-c2ccc3oc4ccccc4c3c2)cc(-c2ccc3c(c2)c2ccccc2c2cc4c(cc32)C2(c3ccccc3-c3ccccc32)c2ccccc2-4)c1. The van der Waals surface area contributed by atoms with Crippen LogP contribution in [0.5, 0.6) is 0 Å². The van der Waals surface area contributed by atoms with Crippen molar-refractivity contribution in [1.29, 1.82) is 0 Å². The van der Waals surface area contributed by atoms with Crippen LogP contribution in [0.1, 0.15) is 22.3 Å². The zero-order valence-corrected chi connectivity index (χ0v) is 30.4. The van der Waals surface area contributed by atoms with Crippen LogP contribution in [0, 0.1) is 0 Å². The first-order valence-corrected chi connectivity index (χ1v) is 19.5. The van der Waals surface area contributed by atoms with E-state index in [0.717, 1.165) is 21.9 Å². The fourth-order valence-electron chi connectivity index (χ4n) is 10.5. The van der Waals surface area contributed by atoms with Crippen molar-refractivity contribution in [3.05, 3.63) is 216 Å². The molecule has 1 aromatic heterocycles. The number of rotatable bonds is 2. The third-order valence-electron chi connectivity index (χ3n) is 12.9. The lowest BCUT2D eigenvalue weighted by Crippen LogP contribution is -2.25. The van der Waals surface area contributed by atoms with Gasteiger partial charge in [-0.2, -0.15) is 0 Å². The van der Waals surface area contributed by atoms with Crippen LogP contribution in [-0.4, -0.2) is 0 Å². The van der Waals surface area contributed by atoms with Crippen LogP contribution < -0.4 is 0 Å². The van der Waals surface area contributed by atoms with Gasteiger partial charge in [0.1, 0.15) is 11.2 Å². The molecule has 1 heteroatoms. The maximum atomic E-state index is 6.14. The number of hydrogen-bond acceptors (Lipinski definition) is 1. The molecule has 0 unspecified atom stereocenters. The van der Waals surface area contributed by atoms with Gasteiger partial charge in [0.05, 0.1) is 5.41 Å². The van der Waals surface area contributed by atoms with Crippen molar-refractivity contribution >= 4 is 54.3 Å². The topological polar surface area (TPSA) is 13.1 Å². The molecule has 11 aromatic rings. The van der Waals surface area contributed by atoms with E-state index in [4.69, 9.17) is 4.42 Å². The molecule has 0 aliphatic heterocycles. The first kappa shape index (κ1) is 30.1. The van der Waals surface area contributed by atoms with Gasteiger partial charge in [0.15, 0.2) is 0 Å². The van der Waals surface area contributed by atoms with Crippen molar-refractivity contribution in [2.75, 3.05) is 0 Å². The Balaban J connectivity index is 1.04. The summed E-state index contributed by atoms with van der Waals surface area (Å²) in [5.41, 5.74) is 17.1. The molecule has 10 aromatic carbocycles. The zero-order valence-electron chi connectivity index (χ0n) is 30.4. The number of para-hydroxylation sites is 1. The molecule has 2 aliphatic carbocycles. The van der Waals surface area contributed by atoms with E-state index in [-0.39, 0.29) is 5.41 Å². The van der Waals surface area contributed by atoms with Gasteiger partial charge in [-0.3, -0.25) is 0 Å². The molecular weight excluding hydrogens is 677 g/mol. The molecule has 56 heavy (non-hydrogen) atoms. The molecule has 0 saturated heterocycles. The minimum atomic E-state index is -0.378. The third-order valence-corrected chi connectivity index (χ3v) is 12.9. The number of fused-ring (bicyclic) bond motifs is 19. The Kier molecular flexibility index (Phi) is 5.89. The van der Waals surface area contributed by atoms with Crippen molar-refractivity contribution < 1.29 is 4.42 Å². The highest BCUT2D eigenvalue weighted by Gasteiger charge is 2.51. The van der Waals surface area contributed by atoms with Crippen LogP contribution >= 0.6 is 0 Å². The van der Waals surface area contributed by atoms with Gasteiger partial charge in [0.25, 0.3) is 0 Å². The van der Waals surface area contributed by atoms with E-state index in [1.807, 2.05) is 12.1 Å². The van der Waals surface area contributed by atoms with E-state index in [1.54, 1.807) is 0 Å². The molecule has 1 heterocycles. The molecule has 0 radical (unpaired) electrons. The van der Waals surface area contributed by atoms with Crippen LogP contribution in [0.3, 0.4) is 0 Å². The summed E-state index contributed by atoms with van der Waals surface area (Å²) in [5.74, 6) is 0. The third kappa shape index (κ3) is 3.84. The highest BCUT2D eigenvalue weighted by molar-refractivity contribution is 6.27. The summed E-state index contributed by atoms with van der Waals surface area (Å²) in [6.07, 6.45) is 0. The molecule has 0 atom stereocenters. The molecule has 1 spiro atoms. The maximum Gasteiger partial charge on any atom is 0.135 e. The predicted octanol–water partition coefficient (Wildman–Crippen LogP) is 14.7. The lowest BCUT2D eigenvalue weighted by atomic mass is 9.70. The predicted molar refractivity (Wildman–Crippen MR) is 233 cm³/mol. The van der Waals surface area contributed by atoms with E-state index in [2.05, 4.69) is 182 Å². The van der Waals surface area contributed by atoms with Gasteiger partial charge in [0.2, 0.25) is 0 Å². The molecule has 1 nitrogen and oxygen atoms in total. The highest BCUT2D eigenvalue weighted by Crippen LogP contribution is 2.63. The molecule has 0 N–H and O–H groups in total. The monoisotopic (exact) mass is 708 g/mol. The first-order valence-electron chi connectivity index (χ1n) is 19.5. The van der Waals surface area contributed by atoms with Crippen molar-refractivity contribution in [2.45, 2.75) is 5.41 Å². The average Bonchev–Trinajstić information content (AvgIpc) is 3.89. The summed E-state index contributed by atoms with van der Waals surface area (Å²) in [7, 11) is 0. The maximum absolute atomic E-state index is 6.14. The summed E-state index contributed by atoms with van der Waals surface area (Å²) >= 11 is 0. The number of hydrogen-bond donors (Lipinski definition) is 0. The van der Waals surface area contributed by atoms with Crippen LogP contribution in [0.15, 0.2) is 199 Å². The molecule has 0 saturated carbocycles. The zero-order chi connectivity index (χ0) is 36.5. The van der Waals surface area contributed by atoms with Crippen molar-refractivity contribution in [3.8, 4) is 44.5 Å². The highest BCUT2D eigenvalue weighted by atomic mass is 16.3. The first-order chi connectivity index (χ1) is 27.8. The van der Waals surface area contributed by atoms with Gasteiger partial charge in [-0.1, -0.05) is 152 Å². The second-order valence-corrected chi connectivity index (χ2v) is 15.5. The van der Waals surface area contributed by atoms with E-state index >= 15 is 0 Å². The molecular formula is C55H32O. The Morgan fingerprint density at radius 2 is 0.714 bits per heavy atom. The van der Waals surface area contributed by atoms with E-state index in [9.17, 15) is 0 Å². The largest absolute Gasteiger partial charge is 0.456 e. The van der Waals surface area contributed by atoms with E-state index in [0.29, 0.717) is 0 Å². The summed E-state index contributed by atoms with van der Waals surface area (Å²) < 4.78 is 6.14. The summed E-state index contributed by atoms with van der Waals surface area (Å²) in [6, 6.07) is 72.2.